The van der Waals surface area contributed by atoms with Crippen LogP contribution >= 0.6 is 0 Å². The predicted octanol–water partition coefficient (Wildman–Crippen LogP) is 1.54. The van der Waals surface area contributed by atoms with Gasteiger partial charge < -0.3 is 15.0 Å². The minimum Gasteiger partial charge on any atom is -0.455 e. The lowest BCUT2D eigenvalue weighted by Gasteiger charge is -2.33. The molecule has 160 valence electrons. The second kappa shape index (κ2) is 9.87. The zero-order chi connectivity index (χ0) is 21.6. The Bertz CT molecular complexity index is 850. The lowest BCUT2D eigenvalue weighted by molar-refractivity contribution is -0.153. The van der Waals surface area contributed by atoms with Crippen LogP contribution in [0, 0.1) is 0 Å². The SMILES string of the molecule is CC[C@H](C)N(C(=O)COC(=O)Cc1ccc(NC(C)=O)cc1)[C@@H]1CCS(=O)(=O)C1. The number of sulfone groups is 1. The van der Waals surface area contributed by atoms with Crippen molar-refractivity contribution in [3.8, 4) is 0 Å². The van der Waals surface area contributed by atoms with Crippen molar-refractivity contribution in [2.24, 2.45) is 0 Å². The van der Waals surface area contributed by atoms with Crippen molar-refractivity contribution in [1.82, 2.24) is 4.90 Å². The number of hydrogen-bond donors (Lipinski definition) is 1. The summed E-state index contributed by atoms with van der Waals surface area (Å²) in [6.45, 7) is 4.78. The Morgan fingerprint density at radius 1 is 1.24 bits per heavy atom. The standard InChI is InChI=1S/C20H28N2O6S/c1-4-14(2)22(18-9-10-29(26,27)13-18)19(24)12-28-20(25)11-16-5-7-17(8-6-16)21-15(3)23/h5-8,14,18H,4,9-13H2,1-3H3,(H,21,23)/t14-,18+/m0/s1. The first-order valence-corrected chi connectivity index (χ1v) is 11.5. The molecule has 1 aromatic carbocycles. The Morgan fingerprint density at radius 3 is 2.41 bits per heavy atom. The number of carbonyl (C=O) groups is 3. The Balaban J connectivity index is 1.91. The number of carbonyl (C=O) groups excluding carboxylic acids is 3. The molecule has 1 saturated heterocycles. The summed E-state index contributed by atoms with van der Waals surface area (Å²) in [5, 5.41) is 2.64. The maximum Gasteiger partial charge on any atom is 0.310 e. The second-order valence-electron chi connectivity index (χ2n) is 7.33. The van der Waals surface area contributed by atoms with Gasteiger partial charge >= 0.3 is 5.97 Å². The highest BCUT2D eigenvalue weighted by atomic mass is 32.2. The molecule has 8 nitrogen and oxygen atoms in total. The number of anilines is 1. The summed E-state index contributed by atoms with van der Waals surface area (Å²) in [6.07, 6.45) is 1.08. The molecule has 0 radical (unpaired) electrons. The first-order valence-electron chi connectivity index (χ1n) is 9.65. The van der Waals surface area contributed by atoms with Crippen molar-refractivity contribution in [2.45, 2.75) is 52.1 Å². The third-order valence-corrected chi connectivity index (χ3v) is 6.69. The number of amides is 2. The van der Waals surface area contributed by atoms with E-state index in [4.69, 9.17) is 4.74 Å². The van der Waals surface area contributed by atoms with Gasteiger partial charge in [-0.15, -0.1) is 0 Å². The molecular formula is C20H28N2O6S. The van der Waals surface area contributed by atoms with Gasteiger partial charge in [0.2, 0.25) is 5.91 Å². The molecular weight excluding hydrogens is 396 g/mol. The van der Waals surface area contributed by atoms with Gasteiger partial charge in [-0.2, -0.15) is 0 Å². The molecule has 1 fully saturated rings. The Kier molecular flexibility index (Phi) is 7.78. The quantitative estimate of drug-likeness (QED) is 0.634. The van der Waals surface area contributed by atoms with E-state index in [0.717, 1.165) is 0 Å². The van der Waals surface area contributed by atoms with E-state index in [1.807, 2.05) is 13.8 Å². The summed E-state index contributed by atoms with van der Waals surface area (Å²) in [5.74, 6) is -1.08. The van der Waals surface area contributed by atoms with E-state index >= 15 is 0 Å². The smallest absolute Gasteiger partial charge is 0.310 e. The zero-order valence-corrected chi connectivity index (χ0v) is 17.8. The Hall–Kier alpha value is -2.42. The van der Waals surface area contributed by atoms with Crippen LogP contribution in [0.25, 0.3) is 0 Å². The first kappa shape index (κ1) is 22.9. The van der Waals surface area contributed by atoms with Gasteiger partial charge in [0.15, 0.2) is 16.4 Å². The van der Waals surface area contributed by atoms with E-state index in [2.05, 4.69) is 5.32 Å². The summed E-state index contributed by atoms with van der Waals surface area (Å²) < 4.78 is 28.7. The van der Waals surface area contributed by atoms with Crippen LogP contribution in [0.5, 0.6) is 0 Å². The number of esters is 1. The third kappa shape index (κ3) is 6.85. The van der Waals surface area contributed by atoms with Gasteiger partial charge in [0, 0.05) is 24.7 Å². The topological polar surface area (TPSA) is 110 Å². The van der Waals surface area contributed by atoms with Gasteiger partial charge in [-0.05, 0) is 37.5 Å². The van der Waals surface area contributed by atoms with Crippen LogP contribution in [0.2, 0.25) is 0 Å². The fraction of sp³-hybridized carbons (Fsp3) is 0.550. The highest BCUT2D eigenvalue weighted by Gasteiger charge is 2.36. The molecule has 0 aromatic heterocycles. The average Bonchev–Trinajstić information content (AvgIpc) is 3.00. The first-order chi connectivity index (χ1) is 13.6. The summed E-state index contributed by atoms with van der Waals surface area (Å²) >= 11 is 0. The zero-order valence-electron chi connectivity index (χ0n) is 17.0. The molecule has 0 saturated carbocycles. The number of benzene rings is 1. The normalized spacial score (nSPS) is 18.7. The minimum atomic E-state index is -3.13. The van der Waals surface area contributed by atoms with Gasteiger partial charge in [-0.3, -0.25) is 14.4 Å². The van der Waals surface area contributed by atoms with Crippen molar-refractivity contribution < 1.29 is 27.5 Å². The van der Waals surface area contributed by atoms with E-state index in [1.54, 1.807) is 29.2 Å². The maximum absolute atomic E-state index is 12.7. The molecule has 2 amide bonds. The van der Waals surface area contributed by atoms with Gasteiger partial charge in [-0.1, -0.05) is 19.1 Å². The number of nitrogens with zero attached hydrogens (tertiary/aromatic N) is 1. The fourth-order valence-electron chi connectivity index (χ4n) is 3.34. The molecule has 0 spiro atoms. The lowest BCUT2D eigenvalue weighted by atomic mass is 10.1. The molecule has 2 rings (SSSR count). The molecule has 1 aromatic rings. The van der Waals surface area contributed by atoms with Gasteiger partial charge in [0.1, 0.15) is 0 Å². The largest absolute Gasteiger partial charge is 0.455 e. The maximum atomic E-state index is 12.7. The van der Waals surface area contributed by atoms with Crippen molar-refractivity contribution in [1.29, 1.82) is 0 Å². The average molecular weight is 425 g/mol. The number of rotatable bonds is 8. The van der Waals surface area contributed by atoms with Gasteiger partial charge in [-0.25, -0.2) is 8.42 Å². The van der Waals surface area contributed by atoms with Crippen molar-refractivity contribution >= 4 is 33.3 Å². The molecule has 1 aliphatic rings. The van der Waals surface area contributed by atoms with Crippen LogP contribution in [-0.2, 0) is 35.4 Å². The van der Waals surface area contributed by atoms with Crippen molar-refractivity contribution in [3.05, 3.63) is 29.8 Å². The summed E-state index contributed by atoms with van der Waals surface area (Å²) in [7, 11) is -3.13. The van der Waals surface area contributed by atoms with E-state index < -0.39 is 22.4 Å². The molecule has 0 aliphatic carbocycles. The highest BCUT2D eigenvalue weighted by Crippen LogP contribution is 2.21. The minimum absolute atomic E-state index is 0.00519. The molecule has 29 heavy (non-hydrogen) atoms. The third-order valence-electron chi connectivity index (χ3n) is 4.93. The lowest BCUT2D eigenvalue weighted by Crippen LogP contribution is -2.48. The second-order valence-corrected chi connectivity index (χ2v) is 9.56. The molecule has 1 aliphatic heterocycles. The molecule has 2 atom stereocenters. The number of ether oxygens (including phenoxy) is 1. The van der Waals surface area contributed by atoms with Crippen LogP contribution in [0.1, 0.15) is 39.2 Å². The molecule has 0 bridgehead atoms. The van der Waals surface area contributed by atoms with E-state index in [-0.39, 0.29) is 41.8 Å². The Labute approximate surface area is 171 Å². The molecule has 1 heterocycles. The van der Waals surface area contributed by atoms with E-state index in [1.165, 1.54) is 6.92 Å². The number of nitrogens with one attached hydrogen (secondary N) is 1. The monoisotopic (exact) mass is 424 g/mol. The van der Waals surface area contributed by atoms with Gasteiger partial charge in [0.25, 0.3) is 5.91 Å². The predicted molar refractivity (Wildman–Crippen MR) is 109 cm³/mol. The van der Waals surface area contributed by atoms with E-state index in [0.29, 0.717) is 24.1 Å². The molecule has 0 unspecified atom stereocenters. The molecule has 9 heteroatoms. The van der Waals surface area contributed by atoms with Crippen LogP contribution in [0.4, 0.5) is 5.69 Å². The van der Waals surface area contributed by atoms with Crippen molar-refractivity contribution in [2.75, 3.05) is 23.4 Å². The van der Waals surface area contributed by atoms with Crippen LogP contribution < -0.4 is 5.32 Å². The van der Waals surface area contributed by atoms with Gasteiger partial charge in [0.05, 0.1) is 17.9 Å². The summed E-state index contributed by atoms with van der Waals surface area (Å²) in [6, 6.07) is 6.25. The van der Waals surface area contributed by atoms with Crippen LogP contribution in [-0.4, -0.2) is 61.3 Å². The molecule has 1 N–H and O–H groups in total. The Morgan fingerprint density at radius 2 is 1.90 bits per heavy atom. The number of hydrogen-bond acceptors (Lipinski definition) is 6. The summed E-state index contributed by atoms with van der Waals surface area (Å²) in [5.41, 5.74) is 1.32. The van der Waals surface area contributed by atoms with E-state index in [9.17, 15) is 22.8 Å². The van der Waals surface area contributed by atoms with Crippen LogP contribution in [0.15, 0.2) is 24.3 Å². The highest BCUT2D eigenvalue weighted by molar-refractivity contribution is 7.91. The summed E-state index contributed by atoms with van der Waals surface area (Å²) in [4.78, 5) is 37.3. The van der Waals surface area contributed by atoms with Crippen LogP contribution in [0.3, 0.4) is 0 Å². The van der Waals surface area contributed by atoms with Crippen molar-refractivity contribution in [3.63, 3.8) is 0 Å². The fourth-order valence-corrected chi connectivity index (χ4v) is 5.06.